The molecule has 1 aliphatic heterocycles. The standard InChI is InChI=1S/C22H18N4O4S2/c1-13-24-25-21(32-13)31-12-17-16-7-2-3-8-18(16)30-19(17)20(27)23-14-5-4-6-15(11-14)26-9-10-29-22(26)28/h2-8,11H,9-10,12H2,1H3,(H,23,27). The van der Waals surface area contributed by atoms with Gasteiger partial charge in [0, 0.05) is 28.1 Å². The topological polar surface area (TPSA) is 97.6 Å². The Bertz CT molecular complexity index is 1320. The molecule has 0 aliphatic carbocycles. The number of furan rings is 1. The van der Waals surface area contributed by atoms with Crippen molar-refractivity contribution in [1.29, 1.82) is 0 Å². The number of hydrogen-bond acceptors (Lipinski definition) is 8. The first kappa shape index (κ1) is 20.5. The van der Waals surface area contributed by atoms with E-state index < -0.39 is 6.09 Å². The number of amides is 2. The number of carbonyl (C=O) groups excluding carboxylic acids is 2. The molecule has 0 radical (unpaired) electrons. The third kappa shape index (κ3) is 4.06. The molecule has 1 aliphatic rings. The molecule has 4 aromatic rings. The number of thioether (sulfide) groups is 1. The van der Waals surface area contributed by atoms with Gasteiger partial charge in [-0.2, -0.15) is 0 Å². The number of fused-ring (bicyclic) bond motifs is 1. The summed E-state index contributed by atoms with van der Waals surface area (Å²) in [5.41, 5.74) is 2.67. The summed E-state index contributed by atoms with van der Waals surface area (Å²) < 4.78 is 11.8. The Morgan fingerprint density at radius 1 is 1.22 bits per heavy atom. The molecule has 0 spiro atoms. The third-order valence-corrected chi connectivity index (χ3v) is 6.93. The maximum Gasteiger partial charge on any atom is 0.414 e. The lowest BCUT2D eigenvalue weighted by Crippen LogP contribution is -2.23. The first-order valence-corrected chi connectivity index (χ1v) is 11.7. The molecule has 32 heavy (non-hydrogen) atoms. The van der Waals surface area contributed by atoms with Crippen molar-refractivity contribution in [3.8, 4) is 0 Å². The van der Waals surface area contributed by atoms with Crippen LogP contribution in [0.25, 0.3) is 11.0 Å². The lowest BCUT2D eigenvalue weighted by atomic mass is 10.1. The van der Waals surface area contributed by atoms with Gasteiger partial charge >= 0.3 is 6.09 Å². The van der Waals surface area contributed by atoms with Crippen LogP contribution in [0.4, 0.5) is 16.2 Å². The second-order valence-electron chi connectivity index (χ2n) is 7.05. The highest BCUT2D eigenvalue weighted by molar-refractivity contribution is 8.00. The summed E-state index contributed by atoms with van der Waals surface area (Å²) in [5.74, 6) is 0.422. The van der Waals surface area contributed by atoms with Crippen LogP contribution in [0.2, 0.25) is 0 Å². The van der Waals surface area contributed by atoms with Gasteiger partial charge in [0.15, 0.2) is 10.1 Å². The molecule has 0 unspecified atom stereocenters. The lowest BCUT2D eigenvalue weighted by molar-refractivity contribution is 0.0997. The maximum atomic E-state index is 13.2. The van der Waals surface area contributed by atoms with Crippen molar-refractivity contribution in [3.05, 3.63) is 64.9 Å². The van der Waals surface area contributed by atoms with E-state index in [1.807, 2.05) is 31.2 Å². The van der Waals surface area contributed by atoms with Gasteiger partial charge in [-0.3, -0.25) is 9.69 Å². The van der Waals surface area contributed by atoms with E-state index in [4.69, 9.17) is 9.15 Å². The molecule has 10 heteroatoms. The van der Waals surface area contributed by atoms with Crippen LogP contribution in [0.5, 0.6) is 0 Å². The van der Waals surface area contributed by atoms with Gasteiger partial charge in [0.05, 0.1) is 6.54 Å². The number of nitrogens with one attached hydrogen (secondary N) is 1. The Morgan fingerprint density at radius 2 is 2.09 bits per heavy atom. The van der Waals surface area contributed by atoms with Crippen molar-refractivity contribution in [2.45, 2.75) is 17.0 Å². The smallest absolute Gasteiger partial charge is 0.414 e. The molecule has 0 atom stereocenters. The van der Waals surface area contributed by atoms with Crippen LogP contribution in [0, 0.1) is 6.92 Å². The summed E-state index contributed by atoms with van der Waals surface area (Å²) in [6, 6.07) is 14.7. The molecular formula is C22H18N4O4S2. The van der Waals surface area contributed by atoms with Gasteiger partial charge in [0.1, 0.15) is 17.2 Å². The van der Waals surface area contributed by atoms with E-state index in [2.05, 4.69) is 15.5 Å². The van der Waals surface area contributed by atoms with Gasteiger partial charge < -0.3 is 14.5 Å². The van der Waals surface area contributed by atoms with Crippen LogP contribution in [0.3, 0.4) is 0 Å². The summed E-state index contributed by atoms with van der Waals surface area (Å²) in [6.07, 6.45) is -0.392. The molecule has 0 saturated carbocycles. The number of benzene rings is 2. The first-order chi connectivity index (χ1) is 15.6. The second kappa shape index (κ2) is 8.64. The molecule has 1 N–H and O–H groups in total. The molecule has 8 nitrogen and oxygen atoms in total. The minimum absolute atomic E-state index is 0.255. The zero-order chi connectivity index (χ0) is 22.1. The quantitative estimate of drug-likeness (QED) is 0.395. The summed E-state index contributed by atoms with van der Waals surface area (Å²) in [5, 5.41) is 12.9. The van der Waals surface area contributed by atoms with E-state index >= 15 is 0 Å². The molecule has 5 rings (SSSR count). The fourth-order valence-electron chi connectivity index (χ4n) is 3.46. The van der Waals surface area contributed by atoms with Crippen LogP contribution >= 0.6 is 23.1 Å². The van der Waals surface area contributed by atoms with Crippen LogP contribution in [-0.4, -0.2) is 35.3 Å². The molecule has 2 aromatic heterocycles. The number of para-hydroxylation sites is 1. The summed E-state index contributed by atoms with van der Waals surface area (Å²) >= 11 is 3.03. The first-order valence-electron chi connectivity index (χ1n) is 9.87. The fourth-order valence-corrected chi connectivity index (χ4v) is 5.31. The van der Waals surface area contributed by atoms with Gasteiger partial charge in [-0.25, -0.2) is 4.79 Å². The minimum Gasteiger partial charge on any atom is -0.451 e. The Hall–Kier alpha value is -3.37. The van der Waals surface area contributed by atoms with Gasteiger partial charge in [0.25, 0.3) is 5.91 Å². The van der Waals surface area contributed by atoms with E-state index in [1.54, 1.807) is 24.3 Å². The third-order valence-electron chi connectivity index (χ3n) is 4.93. The number of rotatable bonds is 6. The highest BCUT2D eigenvalue weighted by Crippen LogP contribution is 2.33. The van der Waals surface area contributed by atoms with Crippen LogP contribution < -0.4 is 10.2 Å². The molecule has 162 valence electrons. The predicted octanol–water partition coefficient (Wildman–Crippen LogP) is 5.09. The minimum atomic E-state index is -0.392. The van der Waals surface area contributed by atoms with E-state index in [1.165, 1.54) is 28.0 Å². The predicted molar refractivity (Wildman–Crippen MR) is 124 cm³/mol. The van der Waals surface area contributed by atoms with Crippen molar-refractivity contribution in [1.82, 2.24) is 10.2 Å². The van der Waals surface area contributed by atoms with Crippen molar-refractivity contribution in [2.75, 3.05) is 23.4 Å². The molecule has 3 heterocycles. The van der Waals surface area contributed by atoms with Crippen molar-refractivity contribution < 1.29 is 18.7 Å². The summed E-state index contributed by atoms with van der Waals surface area (Å²) in [6.45, 7) is 2.74. The largest absolute Gasteiger partial charge is 0.451 e. The molecule has 1 fully saturated rings. The van der Waals surface area contributed by atoms with Gasteiger partial charge in [-0.1, -0.05) is 47.4 Å². The van der Waals surface area contributed by atoms with Gasteiger partial charge in [0.2, 0.25) is 0 Å². The average molecular weight is 467 g/mol. The molecule has 2 aromatic carbocycles. The summed E-state index contributed by atoms with van der Waals surface area (Å²) in [7, 11) is 0. The van der Waals surface area contributed by atoms with Crippen molar-refractivity contribution >= 4 is 57.4 Å². The molecule has 2 amide bonds. The fraction of sp³-hybridized carbons (Fsp3) is 0.182. The normalized spacial score (nSPS) is 13.5. The van der Waals surface area contributed by atoms with Gasteiger partial charge in [-0.15, -0.1) is 10.2 Å². The highest BCUT2D eigenvalue weighted by atomic mass is 32.2. The van der Waals surface area contributed by atoms with E-state index in [9.17, 15) is 9.59 Å². The number of aryl methyl sites for hydroxylation is 1. The Balaban J connectivity index is 1.41. The molecule has 1 saturated heterocycles. The van der Waals surface area contributed by atoms with Crippen molar-refractivity contribution in [3.63, 3.8) is 0 Å². The number of aromatic nitrogens is 2. The highest BCUT2D eigenvalue weighted by Gasteiger charge is 2.25. The lowest BCUT2D eigenvalue weighted by Gasteiger charge is -2.14. The Morgan fingerprint density at radius 3 is 2.88 bits per heavy atom. The monoisotopic (exact) mass is 466 g/mol. The number of ether oxygens (including phenoxy) is 1. The number of carbonyl (C=O) groups is 2. The van der Waals surface area contributed by atoms with Crippen molar-refractivity contribution in [2.24, 2.45) is 0 Å². The SMILES string of the molecule is Cc1nnc(SCc2c(C(=O)Nc3cccc(N4CCOC4=O)c3)oc3ccccc23)s1. The maximum absolute atomic E-state index is 13.2. The Labute approximate surface area is 191 Å². The average Bonchev–Trinajstić information content (AvgIpc) is 3.50. The molecule has 0 bridgehead atoms. The van der Waals surface area contributed by atoms with Crippen LogP contribution in [0.15, 0.2) is 57.3 Å². The van der Waals surface area contributed by atoms with Crippen LogP contribution in [0.1, 0.15) is 21.1 Å². The van der Waals surface area contributed by atoms with Crippen LogP contribution in [-0.2, 0) is 10.5 Å². The number of hydrogen-bond donors (Lipinski definition) is 1. The molecular weight excluding hydrogens is 448 g/mol. The Kier molecular flexibility index (Phi) is 5.54. The number of anilines is 2. The zero-order valence-electron chi connectivity index (χ0n) is 17.0. The second-order valence-corrected chi connectivity index (χ2v) is 9.46. The van der Waals surface area contributed by atoms with E-state index in [-0.39, 0.29) is 11.7 Å². The zero-order valence-corrected chi connectivity index (χ0v) is 18.7. The van der Waals surface area contributed by atoms with Gasteiger partial charge in [-0.05, 0) is 31.2 Å². The van der Waals surface area contributed by atoms with E-state index in [0.29, 0.717) is 35.9 Å². The summed E-state index contributed by atoms with van der Waals surface area (Å²) in [4.78, 5) is 26.6. The number of cyclic esters (lactones) is 1. The van der Waals surface area contributed by atoms with E-state index in [0.717, 1.165) is 20.3 Å². The number of nitrogens with zero attached hydrogens (tertiary/aromatic N) is 3.